The van der Waals surface area contributed by atoms with Gasteiger partial charge in [0.15, 0.2) is 0 Å². The summed E-state index contributed by atoms with van der Waals surface area (Å²) in [6, 6.07) is 3.44. The smallest absolute Gasteiger partial charge is 0.0223 e. The molecule has 0 aliphatic carbocycles. The van der Waals surface area contributed by atoms with Gasteiger partial charge in [0.1, 0.15) is 0 Å². The van der Waals surface area contributed by atoms with Gasteiger partial charge in [-0.1, -0.05) is 6.42 Å². The minimum absolute atomic E-state index is 0.802. The first-order valence-electron chi connectivity index (χ1n) is 7.92. The number of hydrogen-bond donors (Lipinski definition) is 1. The van der Waals surface area contributed by atoms with Gasteiger partial charge in [0.2, 0.25) is 0 Å². The Hall–Kier alpha value is -0.120. The fourth-order valence-electron chi connectivity index (χ4n) is 4.61. The van der Waals surface area contributed by atoms with Crippen molar-refractivity contribution in [2.45, 2.75) is 69.1 Å². The number of hydrogen-bond acceptors (Lipinski definition) is 3. The van der Waals surface area contributed by atoms with E-state index in [4.69, 9.17) is 0 Å². The Morgan fingerprint density at radius 2 is 1.72 bits per heavy atom. The van der Waals surface area contributed by atoms with Crippen molar-refractivity contribution in [1.29, 1.82) is 0 Å². The van der Waals surface area contributed by atoms with E-state index >= 15 is 0 Å². The minimum Gasteiger partial charge on any atom is -0.318 e. The van der Waals surface area contributed by atoms with Crippen LogP contribution in [0.5, 0.6) is 0 Å². The third kappa shape index (κ3) is 2.33. The van der Waals surface area contributed by atoms with E-state index in [1.54, 1.807) is 0 Å². The molecule has 0 amide bonds. The Morgan fingerprint density at radius 3 is 2.39 bits per heavy atom. The summed E-state index contributed by atoms with van der Waals surface area (Å²) < 4.78 is 0. The number of likely N-dealkylation sites (N-methyl/N-ethyl adjacent to an activating group) is 1. The van der Waals surface area contributed by atoms with Gasteiger partial charge in [0, 0.05) is 30.7 Å². The Morgan fingerprint density at radius 1 is 1.00 bits per heavy atom. The average molecular weight is 251 g/mol. The summed E-state index contributed by atoms with van der Waals surface area (Å²) in [5.41, 5.74) is 0. The van der Waals surface area contributed by atoms with Crippen LogP contribution in [0.25, 0.3) is 0 Å². The van der Waals surface area contributed by atoms with Crippen LogP contribution in [0.4, 0.5) is 0 Å². The summed E-state index contributed by atoms with van der Waals surface area (Å²) in [7, 11) is 4.45. The normalized spacial score (nSPS) is 42.3. The van der Waals surface area contributed by atoms with Crippen molar-refractivity contribution in [1.82, 2.24) is 15.1 Å². The summed E-state index contributed by atoms with van der Waals surface area (Å²) >= 11 is 0. The van der Waals surface area contributed by atoms with Crippen molar-refractivity contribution in [3.63, 3.8) is 0 Å². The van der Waals surface area contributed by atoms with Crippen LogP contribution in [0.3, 0.4) is 0 Å². The molecule has 3 heterocycles. The van der Waals surface area contributed by atoms with Crippen molar-refractivity contribution in [3.05, 3.63) is 0 Å². The molecule has 2 bridgehead atoms. The van der Waals surface area contributed by atoms with Crippen molar-refractivity contribution in [3.8, 4) is 0 Å². The van der Waals surface area contributed by atoms with E-state index in [0.717, 1.165) is 24.2 Å². The van der Waals surface area contributed by atoms with Gasteiger partial charge >= 0.3 is 0 Å². The predicted octanol–water partition coefficient (Wildman–Crippen LogP) is 1.69. The molecule has 3 aliphatic rings. The lowest BCUT2D eigenvalue weighted by Crippen LogP contribution is -2.55. The first-order chi connectivity index (χ1) is 8.79. The zero-order valence-corrected chi connectivity index (χ0v) is 12.1. The highest BCUT2D eigenvalue weighted by molar-refractivity contribution is 4.98. The monoisotopic (exact) mass is 251 g/mol. The SMILES string of the molecule is CNCC1CCCCN1C1CC2CCC(C1)N2C. The zero-order chi connectivity index (χ0) is 12.5. The number of fused-ring (bicyclic) bond motifs is 2. The van der Waals surface area contributed by atoms with Gasteiger partial charge in [-0.2, -0.15) is 0 Å². The molecule has 3 rings (SSSR count). The first-order valence-corrected chi connectivity index (χ1v) is 7.92. The lowest BCUT2D eigenvalue weighted by molar-refractivity contribution is 0.0305. The van der Waals surface area contributed by atoms with E-state index in [-0.39, 0.29) is 0 Å². The summed E-state index contributed by atoms with van der Waals surface area (Å²) in [5.74, 6) is 0. The lowest BCUT2D eigenvalue weighted by Gasteiger charge is -2.46. The maximum atomic E-state index is 3.40. The zero-order valence-electron chi connectivity index (χ0n) is 12.1. The fourth-order valence-corrected chi connectivity index (χ4v) is 4.61. The molecule has 3 fully saturated rings. The topological polar surface area (TPSA) is 18.5 Å². The second-order valence-corrected chi connectivity index (χ2v) is 6.62. The third-order valence-corrected chi connectivity index (χ3v) is 5.65. The molecule has 0 spiro atoms. The van der Waals surface area contributed by atoms with Gasteiger partial charge in [-0.15, -0.1) is 0 Å². The van der Waals surface area contributed by atoms with Gasteiger partial charge < -0.3 is 10.2 Å². The quantitative estimate of drug-likeness (QED) is 0.823. The average Bonchev–Trinajstić information content (AvgIpc) is 2.63. The van der Waals surface area contributed by atoms with Crippen molar-refractivity contribution in [2.24, 2.45) is 0 Å². The number of nitrogens with one attached hydrogen (secondary N) is 1. The molecule has 18 heavy (non-hydrogen) atoms. The van der Waals surface area contributed by atoms with E-state index in [0.29, 0.717) is 0 Å². The van der Waals surface area contributed by atoms with Crippen LogP contribution < -0.4 is 5.32 Å². The minimum atomic E-state index is 0.802. The van der Waals surface area contributed by atoms with E-state index in [2.05, 4.69) is 29.2 Å². The fraction of sp³-hybridized carbons (Fsp3) is 1.00. The highest BCUT2D eigenvalue weighted by Gasteiger charge is 2.41. The molecule has 0 saturated carbocycles. The van der Waals surface area contributed by atoms with E-state index in [1.807, 2.05) is 0 Å². The molecule has 0 aromatic rings. The number of likely N-dealkylation sites (tertiary alicyclic amines) is 1. The lowest BCUT2D eigenvalue weighted by atomic mass is 9.91. The molecule has 3 unspecified atom stereocenters. The molecule has 0 aromatic heterocycles. The van der Waals surface area contributed by atoms with Gasteiger partial charge in [-0.05, 0) is 59.2 Å². The molecule has 3 atom stereocenters. The van der Waals surface area contributed by atoms with Crippen molar-refractivity contribution < 1.29 is 0 Å². The van der Waals surface area contributed by atoms with Crippen LogP contribution in [-0.4, -0.2) is 61.2 Å². The first kappa shape index (κ1) is 12.9. The maximum absolute atomic E-state index is 3.40. The predicted molar refractivity (Wildman–Crippen MR) is 75.9 cm³/mol. The van der Waals surface area contributed by atoms with Gasteiger partial charge in [0.05, 0.1) is 0 Å². The van der Waals surface area contributed by atoms with Crippen LogP contribution in [0.15, 0.2) is 0 Å². The summed E-state index contributed by atoms with van der Waals surface area (Å²) in [5, 5.41) is 3.40. The molecule has 0 aromatic carbocycles. The summed E-state index contributed by atoms with van der Waals surface area (Å²) in [6.45, 7) is 2.53. The molecule has 3 aliphatic heterocycles. The maximum Gasteiger partial charge on any atom is 0.0223 e. The Balaban J connectivity index is 1.66. The molecular weight excluding hydrogens is 222 g/mol. The van der Waals surface area contributed by atoms with E-state index in [9.17, 15) is 0 Å². The number of piperidine rings is 2. The van der Waals surface area contributed by atoms with E-state index < -0.39 is 0 Å². The van der Waals surface area contributed by atoms with Crippen molar-refractivity contribution in [2.75, 3.05) is 27.2 Å². The second-order valence-electron chi connectivity index (χ2n) is 6.62. The van der Waals surface area contributed by atoms with Gasteiger partial charge in [0.25, 0.3) is 0 Å². The highest BCUT2D eigenvalue weighted by Crippen LogP contribution is 2.37. The van der Waals surface area contributed by atoms with Gasteiger partial charge in [-0.25, -0.2) is 0 Å². The van der Waals surface area contributed by atoms with Gasteiger partial charge in [-0.3, -0.25) is 4.90 Å². The highest BCUT2D eigenvalue weighted by atomic mass is 15.3. The summed E-state index contributed by atoms with van der Waals surface area (Å²) in [6.07, 6.45) is 10.00. The molecule has 0 radical (unpaired) electrons. The molecule has 3 nitrogen and oxygen atoms in total. The third-order valence-electron chi connectivity index (χ3n) is 5.65. The van der Waals surface area contributed by atoms with E-state index in [1.165, 1.54) is 58.0 Å². The van der Waals surface area contributed by atoms with Crippen LogP contribution in [0.2, 0.25) is 0 Å². The van der Waals surface area contributed by atoms with Crippen LogP contribution >= 0.6 is 0 Å². The Labute approximate surface area is 112 Å². The number of rotatable bonds is 3. The molecule has 3 heteroatoms. The molecular formula is C15H29N3. The largest absolute Gasteiger partial charge is 0.318 e. The Kier molecular flexibility index (Phi) is 3.92. The van der Waals surface area contributed by atoms with Crippen LogP contribution in [0.1, 0.15) is 44.9 Å². The second kappa shape index (κ2) is 5.48. The standard InChI is InChI=1S/C15H29N3/c1-16-11-14-5-3-4-8-18(14)15-9-12-6-7-13(10-15)17(12)2/h12-16H,3-11H2,1-2H3. The Bertz CT molecular complexity index is 265. The number of nitrogens with zero attached hydrogens (tertiary/aromatic N) is 2. The summed E-state index contributed by atoms with van der Waals surface area (Å²) in [4.78, 5) is 5.52. The molecule has 3 saturated heterocycles. The van der Waals surface area contributed by atoms with Crippen LogP contribution in [-0.2, 0) is 0 Å². The molecule has 1 N–H and O–H groups in total. The van der Waals surface area contributed by atoms with Crippen molar-refractivity contribution >= 4 is 0 Å². The molecule has 104 valence electrons. The van der Waals surface area contributed by atoms with Crippen LogP contribution in [0, 0.1) is 0 Å².